The van der Waals surface area contributed by atoms with Crippen molar-refractivity contribution >= 4 is 11.6 Å². The fraction of sp³-hybridized carbons (Fsp3) is 0.588. The van der Waals surface area contributed by atoms with Gasteiger partial charge in [0.15, 0.2) is 0 Å². The van der Waals surface area contributed by atoms with Crippen LogP contribution in [0.4, 0.5) is 14.5 Å². The highest BCUT2D eigenvalue weighted by Crippen LogP contribution is 2.45. The van der Waals surface area contributed by atoms with Gasteiger partial charge in [-0.1, -0.05) is 6.07 Å². The molecule has 2 fully saturated rings. The van der Waals surface area contributed by atoms with Gasteiger partial charge in [0.25, 0.3) is 5.91 Å². The molecule has 2 aliphatic rings. The van der Waals surface area contributed by atoms with Crippen LogP contribution in [0.5, 0.6) is 5.75 Å². The highest BCUT2D eigenvalue weighted by Gasteiger charge is 2.62. The summed E-state index contributed by atoms with van der Waals surface area (Å²) in [5.41, 5.74) is -1.22. The molecule has 1 saturated heterocycles. The normalized spacial score (nSPS) is 20.5. The second-order valence-corrected chi connectivity index (χ2v) is 6.44. The van der Waals surface area contributed by atoms with E-state index in [1.165, 1.54) is 0 Å². The van der Waals surface area contributed by atoms with Crippen LogP contribution in [-0.4, -0.2) is 60.7 Å². The van der Waals surface area contributed by atoms with Crippen molar-refractivity contribution < 1.29 is 23.4 Å². The van der Waals surface area contributed by atoms with E-state index < -0.39 is 17.4 Å². The summed E-state index contributed by atoms with van der Waals surface area (Å²) in [6, 6.07) is 7.50. The Morgan fingerprint density at radius 2 is 1.92 bits per heavy atom. The molecule has 1 saturated carbocycles. The third-order valence-corrected chi connectivity index (χ3v) is 5.02. The van der Waals surface area contributed by atoms with Gasteiger partial charge in [-0.15, -0.1) is 0 Å². The van der Waals surface area contributed by atoms with Crippen LogP contribution in [0.3, 0.4) is 0 Å². The monoisotopic (exact) mass is 340 g/mol. The number of alkyl halides is 2. The summed E-state index contributed by atoms with van der Waals surface area (Å²) in [6.07, 6.45) is 0.494. The van der Waals surface area contributed by atoms with Gasteiger partial charge in [-0.2, -0.15) is 8.78 Å². The molecule has 0 bridgehead atoms. The van der Waals surface area contributed by atoms with E-state index in [1.54, 1.807) is 7.11 Å². The van der Waals surface area contributed by atoms with Crippen molar-refractivity contribution in [1.82, 2.24) is 4.90 Å². The van der Waals surface area contributed by atoms with E-state index >= 15 is 0 Å². The van der Waals surface area contributed by atoms with Gasteiger partial charge in [0, 0.05) is 37.9 Å². The summed E-state index contributed by atoms with van der Waals surface area (Å²) in [7, 11) is 1.59. The molecule has 0 atom stereocenters. The highest BCUT2D eigenvalue weighted by molar-refractivity contribution is 5.85. The molecule has 5 nitrogen and oxygen atoms in total. The van der Waals surface area contributed by atoms with Crippen molar-refractivity contribution in [3.8, 4) is 5.75 Å². The lowest BCUT2D eigenvalue weighted by atomic mass is 9.75. The molecule has 1 aromatic rings. The minimum atomic E-state index is -3.70. The smallest absolute Gasteiger partial charge is 0.352 e. The third-order valence-electron chi connectivity index (χ3n) is 5.02. The Hall–Kier alpha value is -1.89. The van der Waals surface area contributed by atoms with Crippen LogP contribution < -0.4 is 9.64 Å². The quantitative estimate of drug-likeness (QED) is 0.910. The van der Waals surface area contributed by atoms with E-state index in [-0.39, 0.29) is 25.9 Å². The van der Waals surface area contributed by atoms with E-state index in [0.717, 1.165) is 16.3 Å². The third kappa shape index (κ3) is 2.81. The molecule has 1 heterocycles. The number of aliphatic hydroxyl groups is 1. The number of methoxy groups -OCH3 is 1. The average Bonchev–Trinajstić information content (AvgIpc) is 2.59. The minimum Gasteiger partial charge on any atom is -0.497 e. The Labute approximate surface area is 139 Å². The number of carbonyl (C=O) groups is 1. The molecule has 1 aliphatic heterocycles. The van der Waals surface area contributed by atoms with E-state index in [0.29, 0.717) is 19.5 Å². The Balaban J connectivity index is 1.63. The molecule has 1 aliphatic carbocycles. The largest absolute Gasteiger partial charge is 0.497 e. The number of hydrogen-bond donors (Lipinski definition) is 1. The summed E-state index contributed by atoms with van der Waals surface area (Å²) in [5, 5.41) is 9.90. The van der Waals surface area contributed by atoms with Gasteiger partial charge in [0.05, 0.1) is 7.11 Å². The first-order valence-corrected chi connectivity index (χ1v) is 8.16. The molecule has 24 heavy (non-hydrogen) atoms. The average molecular weight is 340 g/mol. The fourth-order valence-electron chi connectivity index (χ4n) is 3.20. The maximum absolute atomic E-state index is 14.3. The summed E-state index contributed by atoms with van der Waals surface area (Å²) < 4.78 is 33.7. The number of carbonyl (C=O) groups excluding carboxylic acids is 1. The maximum atomic E-state index is 14.3. The Bertz CT molecular complexity index is 612. The zero-order valence-electron chi connectivity index (χ0n) is 13.7. The maximum Gasteiger partial charge on any atom is 0.352 e. The highest BCUT2D eigenvalue weighted by atomic mass is 19.3. The van der Waals surface area contributed by atoms with Crippen molar-refractivity contribution in [1.29, 1.82) is 0 Å². The number of piperazine rings is 1. The van der Waals surface area contributed by atoms with Crippen LogP contribution in [-0.2, 0) is 4.79 Å². The number of hydrogen-bond acceptors (Lipinski definition) is 4. The predicted molar refractivity (Wildman–Crippen MR) is 85.5 cm³/mol. The number of ether oxygens (including phenoxy) is 1. The first-order valence-electron chi connectivity index (χ1n) is 8.16. The van der Waals surface area contributed by atoms with Gasteiger partial charge in [0.2, 0.25) is 0 Å². The van der Waals surface area contributed by atoms with Crippen LogP contribution in [0.15, 0.2) is 24.3 Å². The molecular weight excluding hydrogens is 318 g/mol. The van der Waals surface area contributed by atoms with Crippen molar-refractivity contribution in [3.63, 3.8) is 0 Å². The lowest BCUT2D eigenvalue weighted by molar-refractivity contribution is -0.223. The van der Waals surface area contributed by atoms with Crippen molar-refractivity contribution in [2.24, 2.45) is 0 Å². The minimum absolute atomic E-state index is 0.0183. The van der Waals surface area contributed by atoms with Gasteiger partial charge >= 0.3 is 5.92 Å². The van der Waals surface area contributed by atoms with Gasteiger partial charge in [-0.05, 0) is 31.4 Å². The van der Waals surface area contributed by atoms with Crippen LogP contribution in [0.2, 0.25) is 0 Å². The van der Waals surface area contributed by atoms with E-state index in [2.05, 4.69) is 0 Å². The number of benzene rings is 1. The molecule has 3 rings (SSSR count). The number of amides is 1. The Morgan fingerprint density at radius 3 is 2.46 bits per heavy atom. The molecule has 7 heteroatoms. The van der Waals surface area contributed by atoms with Crippen molar-refractivity contribution in [3.05, 3.63) is 24.3 Å². The zero-order chi connectivity index (χ0) is 17.4. The topological polar surface area (TPSA) is 53.0 Å². The number of rotatable bonds is 4. The van der Waals surface area contributed by atoms with Gasteiger partial charge in [-0.25, -0.2) is 0 Å². The molecule has 1 amide bonds. The van der Waals surface area contributed by atoms with Gasteiger partial charge in [-0.3, -0.25) is 4.79 Å². The Morgan fingerprint density at radius 1 is 1.25 bits per heavy atom. The van der Waals surface area contributed by atoms with Crippen molar-refractivity contribution in [2.75, 3.05) is 38.2 Å². The predicted octanol–water partition coefficient (Wildman–Crippen LogP) is 1.89. The lowest BCUT2D eigenvalue weighted by Gasteiger charge is -2.44. The molecule has 132 valence electrons. The molecular formula is C17H22F2N2O3. The van der Waals surface area contributed by atoms with Crippen LogP contribution >= 0.6 is 0 Å². The summed E-state index contributed by atoms with van der Waals surface area (Å²) in [6.45, 7) is 1.35. The second-order valence-electron chi connectivity index (χ2n) is 6.44. The first kappa shape index (κ1) is 17.0. The first-order chi connectivity index (χ1) is 11.4. The Kier molecular flexibility index (Phi) is 4.38. The summed E-state index contributed by atoms with van der Waals surface area (Å²) >= 11 is 0. The molecule has 0 aromatic heterocycles. The van der Waals surface area contributed by atoms with Crippen molar-refractivity contribution in [2.45, 2.75) is 30.8 Å². The standard InChI is InChI=1S/C17H22F2N2O3/c1-24-14-5-2-4-13(12-14)20-8-10-21(11-9-20)15(22)17(18,19)16(23)6-3-7-16/h2,4-5,12,23H,3,6-11H2,1H3. The lowest BCUT2D eigenvalue weighted by Crippen LogP contribution is -2.63. The second kappa shape index (κ2) is 6.20. The molecule has 0 radical (unpaired) electrons. The molecule has 0 unspecified atom stereocenters. The van der Waals surface area contributed by atoms with Gasteiger partial charge in [0.1, 0.15) is 11.4 Å². The van der Waals surface area contributed by atoms with Crippen LogP contribution in [0.1, 0.15) is 19.3 Å². The molecule has 1 N–H and O–H groups in total. The molecule has 0 spiro atoms. The number of anilines is 1. The fourth-order valence-corrected chi connectivity index (χ4v) is 3.20. The van der Waals surface area contributed by atoms with E-state index in [1.807, 2.05) is 29.2 Å². The number of nitrogens with zero attached hydrogens (tertiary/aromatic N) is 2. The van der Waals surface area contributed by atoms with Crippen LogP contribution in [0, 0.1) is 0 Å². The zero-order valence-corrected chi connectivity index (χ0v) is 13.7. The van der Waals surface area contributed by atoms with Crippen LogP contribution in [0.25, 0.3) is 0 Å². The SMILES string of the molecule is COc1cccc(N2CCN(C(=O)C(F)(F)C3(O)CCC3)CC2)c1. The van der Waals surface area contributed by atoms with E-state index in [4.69, 9.17) is 4.74 Å². The molecule has 1 aromatic carbocycles. The summed E-state index contributed by atoms with van der Waals surface area (Å²) in [5.74, 6) is -4.23. The summed E-state index contributed by atoms with van der Waals surface area (Å²) in [4.78, 5) is 15.4. The number of halogens is 2. The van der Waals surface area contributed by atoms with Gasteiger partial charge < -0.3 is 19.6 Å². The van der Waals surface area contributed by atoms with E-state index in [9.17, 15) is 18.7 Å².